The summed E-state index contributed by atoms with van der Waals surface area (Å²) in [6.45, 7) is 2.17. The van der Waals surface area contributed by atoms with E-state index in [9.17, 15) is 8.42 Å². The van der Waals surface area contributed by atoms with Crippen LogP contribution >= 0.6 is 11.6 Å². The first-order chi connectivity index (χ1) is 10.0. The van der Waals surface area contributed by atoms with Crippen molar-refractivity contribution < 1.29 is 17.3 Å². The van der Waals surface area contributed by atoms with Crippen LogP contribution in [0.15, 0.2) is 53.4 Å². The zero-order valence-corrected chi connectivity index (χ0v) is 13.0. The molecule has 112 valence electrons. The number of benzene rings is 2. The molecule has 4 nitrogen and oxygen atoms in total. The van der Waals surface area contributed by atoms with Gasteiger partial charge < -0.3 is 8.92 Å². The Labute approximate surface area is 129 Å². The summed E-state index contributed by atoms with van der Waals surface area (Å²) >= 11 is 5.57. The lowest BCUT2D eigenvalue weighted by atomic mass is 10.2. The second-order valence-corrected chi connectivity index (χ2v) is 6.29. The largest absolute Gasteiger partial charge is 0.492 e. The minimum absolute atomic E-state index is 0.106. The molecule has 2 aromatic rings. The summed E-state index contributed by atoms with van der Waals surface area (Å²) < 4.78 is 34.8. The molecule has 0 aromatic heterocycles. The third kappa shape index (κ3) is 4.37. The predicted molar refractivity (Wildman–Crippen MR) is 81.6 cm³/mol. The molecular formula is C15H15ClO4S. The predicted octanol–water partition coefficient (Wildman–Crippen LogP) is 3.38. The summed E-state index contributed by atoms with van der Waals surface area (Å²) in [6, 6.07) is 12.9. The summed E-state index contributed by atoms with van der Waals surface area (Å²) in [5, 5.41) is 0. The van der Waals surface area contributed by atoms with Gasteiger partial charge in [-0.05, 0) is 36.8 Å². The van der Waals surface area contributed by atoms with Crippen molar-refractivity contribution in [2.75, 3.05) is 12.5 Å². The maximum Gasteiger partial charge on any atom is 0.339 e. The molecule has 0 spiro atoms. The van der Waals surface area contributed by atoms with E-state index in [4.69, 9.17) is 20.5 Å². The van der Waals surface area contributed by atoms with E-state index in [1.807, 2.05) is 6.92 Å². The topological polar surface area (TPSA) is 52.6 Å². The van der Waals surface area contributed by atoms with Crippen LogP contribution in [0.2, 0.25) is 0 Å². The number of aryl methyl sites for hydroxylation is 1. The van der Waals surface area contributed by atoms with Crippen LogP contribution in [0.3, 0.4) is 0 Å². The van der Waals surface area contributed by atoms with Gasteiger partial charge in [0.1, 0.15) is 23.0 Å². The molecule has 0 bridgehead atoms. The monoisotopic (exact) mass is 326 g/mol. The Morgan fingerprint density at radius 1 is 1.05 bits per heavy atom. The highest BCUT2D eigenvalue weighted by Gasteiger charge is 2.16. The molecule has 0 amide bonds. The summed E-state index contributed by atoms with van der Waals surface area (Å²) in [6.07, 6.45) is 0. The van der Waals surface area contributed by atoms with Crippen molar-refractivity contribution in [3.63, 3.8) is 0 Å². The van der Waals surface area contributed by atoms with Gasteiger partial charge in [0.15, 0.2) is 0 Å². The standard InChI is InChI=1S/C15H15ClO4S/c1-12-9-13(19-8-7-16)11-14(10-12)20-21(17,18)15-5-3-2-4-6-15/h2-6,9-11H,7-8H2,1H3. The van der Waals surface area contributed by atoms with Crippen LogP contribution in [0.1, 0.15) is 5.56 Å². The average Bonchev–Trinajstić information content (AvgIpc) is 2.45. The Bertz CT molecular complexity index is 699. The fourth-order valence-corrected chi connectivity index (χ4v) is 2.78. The minimum atomic E-state index is -3.85. The highest BCUT2D eigenvalue weighted by Crippen LogP contribution is 2.25. The fourth-order valence-electron chi connectivity index (χ4n) is 1.76. The van der Waals surface area contributed by atoms with Crippen molar-refractivity contribution in [1.82, 2.24) is 0 Å². The molecule has 0 saturated heterocycles. The van der Waals surface area contributed by atoms with Gasteiger partial charge in [-0.15, -0.1) is 11.6 Å². The highest BCUT2D eigenvalue weighted by atomic mass is 35.5. The van der Waals surface area contributed by atoms with E-state index in [1.165, 1.54) is 18.2 Å². The zero-order valence-electron chi connectivity index (χ0n) is 11.5. The van der Waals surface area contributed by atoms with Gasteiger partial charge in [-0.3, -0.25) is 0 Å². The molecule has 0 aliphatic heterocycles. The molecule has 21 heavy (non-hydrogen) atoms. The number of ether oxygens (including phenoxy) is 1. The van der Waals surface area contributed by atoms with Gasteiger partial charge >= 0.3 is 10.1 Å². The maximum atomic E-state index is 12.2. The van der Waals surface area contributed by atoms with Gasteiger partial charge in [0, 0.05) is 6.07 Å². The fraction of sp³-hybridized carbons (Fsp3) is 0.200. The number of hydrogen-bond donors (Lipinski definition) is 0. The molecule has 0 N–H and O–H groups in total. The number of alkyl halides is 1. The smallest absolute Gasteiger partial charge is 0.339 e. The van der Waals surface area contributed by atoms with Crippen LogP contribution in [0.4, 0.5) is 0 Å². The van der Waals surface area contributed by atoms with E-state index < -0.39 is 10.1 Å². The van der Waals surface area contributed by atoms with E-state index in [1.54, 1.807) is 30.3 Å². The Balaban J connectivity index is 2.25. The lowest BCUT2D eigenvalue weighted by molar-refractivity contribution is 0.341. The van der Waals surface area contributed by atoms with Crippen LogP contribution < -0.4 is 8.92 Å². The van der Waals surface area contributed by atoms with Gasteiger partial charge in [0.2, 0.25) is 0 Å². The van der Waals surface area contributed by atoms with Gasteiger partial charge in [-0.25, -0.2) is 0 Å². The molecule has 0 fully saturated rings. The molecule has 0 radical (unpaired) electrons. The SMILES string of the molecule is Cc1cc(OCCCl)cc(OS(=O)(=O)c2ccccc2)c1. The number of hydrogen-bond acceptors (Lipinski definition) is 4. The average molecular weight is 327 g/mol. The summed E-state index contributed by atoms with van der Waals surface area (Å²) in [5.74, 6) is 1.09. The quantitative estimate of drug-likeness (QED) is 0.603. The molecule has 0 aliphatic rings. The van der Waals surface area contributed by atoms with E-state index in [0.29, 0.717) is 18.2 Å². The molecule has 0 unspecified atom stereocenters. The molecule has 0 saturated carbocycles. The van der Waals surface area contributed by atoms with Crippen molar-refractivity contribution in [2.24, 2.45) is 0 Å². The Morgan fingerprint density at radius 2 is 1.71 bits per heavy atom. The van der Waals surface area contributed by atoms with Gasteiger partial charge in [-0.2, -0.15) is 8.42 Å². The van der Waals surface area contributed by atoms with Crippen molar-refractivity contribution in [1.29, 1.82) is 0 Å². The Hall–Kier alpha value is -1.72. The molecule has 2 aromatic carbocycles. The lowest BCUT2D eigenvalue weighted by Crippen LogP contribution is -2.10. The normalized spacial score (nSPS) is 11.1. The van der Waals surface area contributed by atoms with Crippen LogP contribution in [-0.2, 0) is 10.1 Å². The maximum absolute atomic E-state index is 12.2. The van der Waals surface area contributed by atoms with Crippen molar-refractivity contribution in [2.45, 2.75) is 11.8 Å². The minimum Gasteiger partial charge on any atom is -0.492 e. The van der Waals surface area contributed by atoms with Crippen LogP contribution in [-0.4, -0.2) is 20.9 Å². The first-order valence-electron chi connectivity index (χ1n) is 6.31. The van der Waals surface area contributed by atoms with E-state index in [0.717, 1.165) is 5.56 Å². The van der Waals surface area contributed by atoms with Gasteiger partial charge in [-0.1, -0.05) is 18.2 Å². The molecule has 6 heteroatoms. The molecule has 2 rings (SSSR count). The van der Waals surface area contributed by atoms with Crippen molar-refractivity contribution in [3.8, 4) is 11.5 Å². The molecule has 0 aliphatic carbocycles. The van der Waals surface area contributed by atoms with Crippen LogP contribution in [0.25, 0.3) is 0 Å². The molecule has 0 atom stereocenters. The summed E-state index contributed by atoms with van der Waals surface area (Å²) in [7, 11) is -3.85. The molecule has 0 heterocycles. The number of rotatable bonds is 6. The first-order valence-corrected chi connectivity index (χ1v) is 8.25. The number of halogens is 1. The lowest BCUT2D eigenvalue weighted by Gasteiger charge is -2.10. The van der Waals surface area contributed by atoms with E-state index >= 15 is 0 Å². The third-order valence-corrected chi connectivity index (χ3v) is 4.02. The van der Waals surface area contributed by atoms with Crippen molar-refractivity contribution >= 4 is 21.7 Å². The van der Waals surface area contributed by atoms with Gasteiger partial charge in [0.25, 0.3) is 0 Å². The van der Waals surface area contributed by atoms with Crippen LogP contribution in [0, 0.1) is 6.92 Å². The summed E-state index contributed by atoms with van der Waals surface area (Å²) in [4.78, 5) is 0.106. The van der Waals surface area contributed by atoms with Crippen molar-refractivity contribution in [3.05, 3.63) is 54.1 Å². The Morgan fingerprint density at radius 3 is 2.38 bits per heavy atom. The highest BCUT2D eigenvalue weighted by molar-refractivity contribution is 7.87. The Kier molecular flexibility index (Phi) is 5.09. The van der Waals surface area contributed by atoms with Crippen LogP contribution in [0.5, 0.6) is 11.5 Å². The first kappa shape index (κ1) is 15.7. The van der Waals surface area contributed by atoms with E-state index in [2.05, 4.69) is 0 Å². The van der Waals surface area contributed by atoms with E-state index in [-0.39, 0.29) is 10.6 Å². The second kappa shape index (κ2) is 6.83. The molecular weight excluding hydrogens is 312 g/mol. The zero-order chi connectivity index (χ0) is 15.3. The van der Waals surface area contributed by atoms with Gasteiger partial charge in [0.05, 0.1) is 5.88 Å². The summed E-state index contributed by atoms with van der Waals surface area (Å²) in [5.41, 5.74) is 0.834. The third-order valence-electron chi connectivity index (χ3n) is 2.61. The second-order valence-electron chi connectivity index (χ2n) is 4.37.